The van der Waals surface area contributed by atoms with Gasteiger partial charge in [0.1, 0.15) is 12.3 Å². The fourth-order valence-electron chi connectivity index (χ4n) is 1.27. The lowest BCUT2D eigenvalue weighted by Gasteiger charge is -2.18. The van der Waals surface area contributed by atoms with Gasteiger partial charge in [-0.05, 0) is 18.2 Å². The van der Waals surface area contributed by atoms with Gasteiger partial charge in [-0.1, -0.05) is 15.9 Å². The second kappa shape index (κ2) is 6.24. The van der Waals surface area contributed by atoms with Crippen LogP contribution in [-0.4, -0.2) is 33.1 Å². The summed E-state index contributed by atoms with van der Waals surface area (Å²) in [5.41, 5.74) is 0.510. The van der Waals surface area contributed by atoms with Crippen molar-refractivity contribution in [2.45, 2.75) is 0 Å². The summed E-state index contributed by atoms with van der Waals surface area (Å²) in [6.45, 7) is -0.155. The Labute approximate surface area is 107 Å². The van der Waals surface area contributed by atoms with E-state index >= 15 is 0 Å². The molecule has 0 unspecified atom stereocenters. The highest BCUT2D eigenvalue weighted by atomic mass is 79.9. The Balaban J connectivity index is 3.02. The van der Waals surface area contributed by atoms with Gasteiger partial charge in [0.05, 0.1) is 19.9 Å². The number of rotatable bonds is 5. The first kappa shape index (κ1) is 13.5. The molecule has 0 radical (unpaired) electrons. The highest BCUT2D eigenvalue weighted by Gasteiger charge is 2.15. The van der Waals surface area contributed by atoms with Crippen molar-refractivity contribution >= 4 is 34.0 Å². The number of carbonyl (C=O) groups is 2. The quantitative estimate of drug-likeness (QED) is 0.612. The Hall–Kier alpha value is -1.56. The third-order valence-electron chi connectivity index (χ3n) is 2.11. The lowest BCUT2D eigenvalue weighted by atomic mass is 10.2. The van der Waals surface area contributed by atoms with Crippen LogP contribution >= 0.6 is 15.9 Å². The molecule has 1 rings (SSSR count). The van der Waals surface area contributed by atoms with E-state index in [1.165, 1.54) is 19.1 Å². The summed E-state index contributed by atoms with van der Waals surface area (Å²) in [7, 11) is 2.76. The number of halogens is 1. The maximum Gasteiger partial charge on any atom is 0.325 e. The molecule has 1 aromatic carbocycles. The molecular formula is C11H12BrNO4. The zero-order valence-corrected chi connectivity index (χ0v) is 11.1. The number of ether oxygens (including phenoxy) is 2. The molecule has 0 N–H and O–H groups in total. The van der Waals surface area contributed by atoms with Crippen molar-refractivity contribution < 1.29 is 19.1 Å². The van der Waals surface area contributed by atoms with Crippen molar-refractivity contribution in [1.29, 1.82) is 0 Å². The standard InChI is InChI=1S/C11H12BrNO4/c1-16-10-5-8(12)3-4-9(10)13(7-14)6-11(15)17-2/h3-5,7H,6H2,1-2H3. The van der Waals surface area contributed by atoms with Gasteiger partial charge in [-0.3, -0.25) is 9.59 Å². The predicted octanol–water partition coefficient (Wildman–Crippen LogP) is 1.59. The van der Waals surface area contributed by atoms with Gasteiger partial charge < -0.3 is 14.4 Å². The van der Waals surface area contributed by atoms with Crippen molar-refractivity contribution in [3.8, 4) is 5.75 Å². The van der Waals surface area contributed by atoms with Crippen LogP contribution in [0.4, 0.5) is 5.69 Å². The zero-order valence-electron chi connectivity index (χ0n) is 9.47. The smallest absolute Gasteiger partial charge is 0.325 e. The molecule has 0 saturated carbocycles. The summed E-state index contributed by atoms with van der Waals surface area (Å²) in [5, 5.41) is 0. The molecule has 0 aliphatic heterocycles. The minimum atomic E-state index is -0.498. The van der Waals surface area contributed by atoms with Crippen LogP contribution in [0, 0.1) is 0 Å². The lowest BCUT2D eigenvalue weighted by Crippen LogP contribution is -2.29. The normalized spacial score (nSPS) is 9.59. The maximum absolute atomic E-state index is 11.1. The molecule has 6 heteroatoms. The number of esters is 1. The van der Waals surface area contributed by atoms with Crippen LogP contribution in [0.3, 0.4) is 0 Å². The van der Waals surface area contributed by atoms with Gasteiger partial charge in [0, 0.05) is 4.47 Å². The molecule has 1 aromatic rings. The highest BCUT2D eigenvalue weighted by Crippen LogP contribution is 2.30. The fourth-order valence-corrected chi connectivity index (χ4v) is 1.61. The first-order chi connectivity index (χ1) is 8.12. The van der Waals surface area contributed by atoms with Crippen molar-refractivity contribution in [3.05, 3.63) is 22.7 Å². The summed E-state index contributed by atoms with van der Waals surface area (Å²) in [6.07, 6.45) is 0.558. The minimum absolute atomic E-state index is 0.155. The van der Waals surface area contributed by atoms with Crippen LogP contribution < -0.4 is 9.64 Å². The van der Waals surface area contributed by atoms with Crippen LogP contribution in [0.5, 0.6) is 5.75 Å². The molecule has 92 valence electrons. The molecular weight excluding hydrogens is 290 g/mol. The van der Waals surface area contributed by atoms with Gasteiger partial charge in [0.2, 0.25) is 6.41 Å². The Morgan fingerprint density at radius 1 is 1.47 bits per heavy atom. The van der Waals surface area contributed by atoms with Crippen molar-refractivity contribution in [1.82, 2.24) is 0 Å². The largest absolute Gasteiger partial charge is 0.495 e. The van der Waals surface area contributed by atoms with Gasteiger partial charge in [-0.2, -0.15) is 0 Å². The number of methoxy groups -OCH3 is 2. The fraction of sp³-hybridized carbons (Fsp3) is 0.273. The van der Waals surface area contributed by atoms with E-state index in [1.807, 2.05) is 0 Å². The number of benzene rings is 1. The molecule has 17 heavy (non-hydrogen) atoms. The average molecular weight is 302 g/mol. The van der Waals surface area contributed by atoms with Crippen molar-refractivity contribution in [3.63, 3.8) is 0 Å². The Bertz CT molecular complexity index is 422. The van der Waals surface area contributed by atoms with Gasteiger partial charge >= 0.3 is 5.97 Å². The molecule has 0 aliphatic rings. The van der Waals surface area contributed by atoms with Crippen LogP contribution in [0.15, 0.2) is 22.7 Å². The first-order valence-corrected chi connectivity index (χ1v) is 5.54. The number of carbonyl (C=O) groups excluding carboxylic acids is 2. The van der Waals surface area contributed by atoms with Crippen molar-refractivity contribution in [2.75, 3.05) is 25.7 Å². The molecule has 0 heterocycles. The molecule has 0 spiro atoms. The number of hydrogen-bond donors (Lipinski definition) is 0. The number of anilines is 1. The van der Waals surface area contributed by atoms with Crippen LogP contribution in [-0.2, 0) is 14.3 Å². The average Bonchev–Trinajstić information content (AvgIpc) is 2.35. The topological polar surface area (TPSA) is 55.8 Å². The van der Waals surface area contributed by atoms with E-state index in [0.29, 0.717) is 17.8 Å². The molecule has 0 aromatic heterocycles. The SMILES string of the molecule is COC(=O)CN(C=O)c1ccc(Br)cc1OC. The number of hydrogen-bond acceptors (Lipinski definition) is 4. The molecule has 5 nitrogen and oxygen atoms in total. The second-order valence-corrected chi connectivity index (χ2v) is 4.04. The number of nitrogens with zero attached hydrogens (tertiary/aromatic N) is 1. The Morgan fingerprint density at radius 3 is 2.71 bits per heavy atom. The lowest BCUT2D eigenvalue weighted by molar-refractivity contribution is -0.139. The maximum atomic E-state index is 11.1. The monoisotopic (exact) mass is 301 g/mol. The summed E-state index contributed by atoms with van der Waals surface area (Å²) in [6, 6.07) is 5.15. The Morgan fingerprint density at radius 2 is 2.18 bits per heavy atom. The third-order valence-corrected chi connectivity index (χ3v) is 2.60. The first-order valence-electron chi connectivity index (χ1n) is 4.74. The summed E-state index contributed by atoms with van der Waals surface area (Å²) in [5.74, 6) is -0.00236. The van der Waals surface area contributed by atoms with E-state index < -0.39 is 5.97 Å². The molecule has 0 fully saturated rings. The second-order valence-electron chi connectivity index (χ2n) is 3.13. The van der Waals surface area contributed by atoms with Crippen molar-refractivity contribution in [2.24, 2.45) is 0 Å². The van der Waals surface area contributed by atoms with Crippen LogP contribution in [0.1, 0.15) is 0 Å². The van der Waals surface area contributed by atoms with E-state index in [1.54, 1.807) is 18.2 Å². The number of amides is 1. The third kappa shape index (κ3) is 3.45. The summed E-state index contributed by atoms with van der Waals surface area (Å²) >= 11 is 3.29. The highest BCUT2D eigenvalue weighted by molar-refractivity contribution is 9.10. The molecule has 1 amide bonds. The zero-order chi connectivity index (χ0) is 12.8. The molecule has 0 aliphatic carbocycles. The summed E-state index contributed by atoms with van der Waals surface area (Å²) < 4.78 is 10.5. The van der Waals surface area contributed by atoms with E-state index in [9.17, 15) is 9.59 Å². The minimum Gasteiger partial charge on any atom is -0.495 e. The van der Waals surface area contributed by atoms with Gasteiger partial charge in [-0.15, -0.1) is 0 Å². The van der Waals surface area contributed by atoms with E-state index in [4.69, 9.17) is 4.74 Å². The van der Waals surface area contributed by atoms with Crippen LogP contribution in [0.2, 0.25) is 0 Å². The Kier molecular flexibility index (Phi) is 4.96. The van der Waals surface area contributed by atoms with Gasteiger partial charge in [0.25, 0.3) is 0 Å². The van der Waals surface area contributed by atoms with E-state index in [-0.39, 0.29) is 6.54 Å². The molecule has 0 saturated heterocycles. The predicted molar refractivity (Wildman–Crippen MR) is 66.1 cm³/mol. The molecule has 0 bridgehead atoms. The van der Waals surface area contributed by atoms with Gasteiger partial charge in [-0.25, -0.2) is 0 Å². The van der Waals surface area contributed by atoms with Crippen LogP contribution in [0.25, 0.3) is 0 Å². The summed E-state index contributed by atoms with van der Waals surface area (Å²) in [4.78, 5) is 23.3. The molecule has 0 atom stereocenters. The van der Waals surface area contributed by atoms with E-state index in [0.717, 1.165) is 4.47 Å². The van der Waals surface area contributed by atoms with E-state index in [2.05, 4.69) is 20.7 Å². The van der Waals surface area contributed by atoms with Gasteiger partial charge in [0.15, 0.2) is 0 Å².